The molecule has 0 bridgehead atoms. The SMILES string of the molecule is C[C@@]1(O)CO[C@@](O)(CO)[C@](C)(O)[C@@H]1O. The molecule has 0 saturated carbocycles. The predicted molar refractivity (Wildman–Crippen MR) is 45.2 cm³/mol. The van der Waals surface area contributed by atoms with Gasteiger partial charge in [0.15, 0.2) is 0 Å². The first-order chi connectivity index (χ1) is 6.17. The molecule has 0 unspecified atom stereocenters. The minimum Gasteiger partial charge on any atom is -0.391 e. The van der Waals surface area contributed by atoms with Crippen molar-refractivity contribution in [3.8, 4) is 0 Å². The fraction of sp³-hybridized carbons (Fsp3) is 1.00. The normalized spacial score (nSPS) is 54.6. The van der Waals surface area contributed by atoms with E-state index in [0.29, 0.717) is 0 Å². The van der Waals surface area contributed by atoms with Crippen molar-refractivity contribution in [1.29, 1.82) is 0 Å². The largest absolute Gasteiger partial charge is 0.391 e. The number of rotatable bonds is 1. The van der Waals surface area contributed by atoms with Gasteiger partial charge in [-0.2, -0.15) is 0 Å². The molecule has 6 nitrogen and oxygen atoms in total. The van der Waals surface area contributed by atoms with E-state index >= 15 is 0 Å². The predicted octanol–water partition coefficient (Wildman–Crippen LogP) is -2.44. The minimum atomic E-state index is -2.26. The van der Waals surface area contributed by atoms with Crippen LogP contribution in [-0.4, -0.2) is 61.8 Å². The van der Waals surface area contributed by atoms with E-state index in [1.807, 2.05) is 0 Å². The molecule has 1 aliphatic rings. The molecule has 0 aliphatic carbocycles. The lowest BCUT2D eigenvalue weighted by Gasteiger charge is -2.51. The monoisotopic (exact) mass is 208 g/mol. The Morgan fingerprint density at radius 1 is 1.29 bits per heavy atom. The Morgan fingerprint density at radius 2 is 1.79 bits per heavy atom. The quantitative estimate of drug-likeness (QED) is 0.327. The van der Waals surface area contributed by atoms with Gasteiger partial charge in [0.2, 0.25) is 5.79 Å². The molecule has 0 amide bonds. The van der Waals surface area contributed by atoms with Crippen molar-refractivity contribution >= 4 is 0 Å². The van der Waals surface area contributed by atoms with Crippen molar-refractivity contribution in [2.45, 2.75) is 36.9 Å². The summed E-state index contributed by atoms with van der Waals surface area (Å²) in [5.41, 5.74) is -3.80. The lowest BCUT2D eigenvalue weighted by Crippen LogP contribution is -2.73. The fourth-order valence-corrected chi connectivity index (χ4v) is 1.52. The van der Waals surface area contributed by atoms with Crippen molar-refractivity contribution < 1.29 is 30.3 Å². The molecule has 0 aromatic carbocycles. The van der Waals surface area contributed by atoms with Gasteiger partial charge in [-0.25, -0.2) is 0 Å². The maximum atomic E-state index is 9.75. The van der Waals surface area contributed by atoms with Gasteiger partial charge in [0.25, 0.3) is 0 Å². The second-order valence-corrected chi connectivity index (χ2v) is 4.14. The van der Waals surface area contributed by atoms with Gasteiger partial charge >= 0.3 is 0 Å². The van der Waals surface area contributed by atoms with Crippen LogP contribution in [0.3, 0.4) is 0 Å². The molecule has 4 atom stereocenters. The maximum Gasteiger partial charge on any atom is 0.221 e. The van der Waals surface area contributed by atoms with Gasteiger partial charge in [-0.1, -0.05) is 0 Å². The van der Waals surface area contributed by atoms with E-state index in [9.17, 15) is 20.4 Å². The van der Waals surface area contributed by atoms with Crippen LogP contribution in [-0.2, 0) is 4.74 Å². The van der Waals surface area contributed by atoms with Gasteiger partial charge in [-0.15, -0.1) is 0 Å². The van der Waals surface area contributed by atoms with Crippen LogP contribution in [0, 0.1) is 0 Å². The average Bonchev–Trinajstić information content (AvgIpc) is 2.10. The molecule has 14 heavy (non-hydrogen) atoms. The third-order valence-electron chi connectivity index (χ3n) is 2.73. The number of hydrogen-bond donors (Lipinski definition) is 5. The number of aliphatic hydroxyl groups excluding tert-OH is 2. The summed E-state index contributed by atoms with van der Waals surface area (Å²) in [6.45, 7) is 1.11. The van der Waals surface area contributed by atoms with Gasteiger partial charge in [0, 0.05) is 0 Å². The zero-order valence-corrected chi connectivity index (χ0v) is 8.14. The van der Waals surface area contributed by atoms with Gasteiger partial charge in [-0.3, -0.25) is 0 Å². The smallest absolute Gasteiger partial charge is 0.221 e. The Kier molecular flexibility index (Phi) is 2.64. The first-order valence-corrected chi connectivity index (χ1v) is 4.27. The van der Waals surface area contributed by atoms with E-state index in [2.05, 4.69) is 0 Å². The van der Waals surface area contributed by atoms with Crippen LogP contribution in [0.4, 0.5) is 0 Å². The molecule has 1 heterocycles. The third kappa shape index (κ3) is 1.44. The molecule has 0 aromatic heterocycles. The Bertz CT molecular complexity index is 226. The Labute approximate surface area is 81.4 Å². The second kappa shape index (κ2) is 3.13. The zero-order chi connectivity index (χ0) is 11.2. The molecule has 0 spiro atoms. The van der Waals surface area contributed by atoms with Gasteiger partial charge in [0.05, 0.1) is 6.61 Å². The zero-order valence-electron chi connectivity index (χ0n) is 8.14. The molecule has 1 aliphatic heterocycles. The summed E-state index contributed by atoms with van der Waals surface area (Å²) in [5.74, 6) is -2.26. The Hall–Kier alpha value is -0.240. The van der Waals surface area contributed by atoms with Crippen molar-refractivity contribution in [2.75, 3.05) is 13.2 Å². The molecule has 1 fully saturated rings. The Balaban J connectivity index is 3.02. The summed E-state index contributed by atoms with van der Waals surface area (Å²) in [5, 5.41) is 47.4. The van der Waals surface area contributed by atoms with Gasteiger partial charge < -0.3 is 30.3 Å². The molecule has 1 rings (SSSR count). The average molecular weight is 208 g/mol. The highest BCUT2D eigenvalue weighted by molar-refractivity contribution is 5.06. The highest BCUT2D eigenvalue weighted by atomic mass is 16.7. The number of aliphatic hydroxyl groups is 5. The highest BCUT2D eigenvalue weighted by Crippen LogP contribution is 2.37. The van der Waals surface area contributed by atoms with Crippen LogP contribution in [0.2, 0.25) is 0 Å². The van der Waals surface area contributed by atoms with Crippen molar-refractivity contribution in [3.63, 3.8) is 0 Å². The van der Waals surface area contributed by atoms with E-state index in [0.717, 1.165) is 6.92 Å². The first-order valence-electron chi connectivity index (χ1n) is 4.27. The van der Waals surface area contributed by atoms with Crippen LogP contribution in [0.1, 0.15) is 13.8 Å². The number of ether oxygens (including phenoxy) is 1. The molecule has 5 N–H and O–H groups in total. The summed E-state index contributed by atoms with van der Waals surface area (Å²) in [7, 11) is 0. The Morgan fingerprint density at radius 3 is 2.21 bits per heavy atom. The maximum absolute atomic E-state index is 9.75. The second-order valence-electron chi connectivity index (χ2n) is 4.14. The van der Waals surface area contributed by atoms with Crippen LogP contribution in [0.15, 0.2) is 0 Å². The summed E-state index contributed by atoms with van der Waals surface area (Å²) in [4.78, 5) is 0. The van der Waals surface area contributed by atoms with E-state index in [4.69, 9.17) is 9.84 Å². The number of hydrogen-bond acceptors (Lipinski definition) is 6. The molecule has 6 heteroatoms. The lowest BCUT2D eigenvalue weighted by molar-refractivity contribution is -0.385. The van der Waals surface area contributed by atoms with Crippen LogP contribution >= 0.6 is 0 Å². The molecule has 0 radical (unpaired) electrons. The molecule has 84 valence electrons. The molecular weight excluding hydrogens is 192 g/mol. The van der Waals surface area contributed by atoms with Crippen LogP contribution in [0.5, 0.6) is 0 Å². The van der Waals surface area contributed by atoms with E-state index in [1.165, 1.54) is 6.92 Å². The fourth-order valence-electron chi connectivity index (χ4n) is 1.52. The van der Waals surface area contributed by atoms with E-state index in [1.54, 1.807) is 0 Å². The lowest BCUT2D eigenvalue weighted by atomic mass is 9.78. The summed E-state index contributed by atoms with van der Waals surface area (Å²) in [6, 6.07) is 0. The first kappa shape index (κ1) is 11.8. The van der Waals surface area contributed by atoms with Gasteiger partial charge in [0.1, 0.15) is 23.9 Å². The third-order valence-corrected chi connectivity index (χ3v) is 2.73. The summed E-state index contributed by atoms with van der Waals surface area (Å²) in [6.07, 6.45) is -1.61. The van der Waals surface area contributed by atoms with Crippen molar-refractivity contribution in [2.24, 2.45) is 0 Å². The van der Waals surface area contributed by atoms with Crippen molar-refractivity contribution in [1.82, 2.24) is 0 Å². The van der Waals surface area contributed by atoms with Crippen LogP contribution < -0.4 is 0 Å². The topological polar surface area (TPSA) is 110 Å². The van der Waals surface area contributed by atoms with Gasteiger partial charge in [-0.05, 0) is 13.8 Å². The molecular formula is C8H16O6. The standard InChI is InChI=1S/C8H16O6/c1-6(11)4-14-8(13,3-9)7(2,12)5(6)10/h5,9-13H,3-4H2,1-2H3/t5-,6-,7-,8+/m1/s1. The van der Waals surface area contributed by atoms with E-state index in [-0.39, 0.29) is 6.61 Å². The molecule has 0 aromatic rings. The van der Waals surface area contributed by atoms with Crippen LogP contribution in [0.25, 0.3) is 0 Å². The van der Waals surface area contributed by atoms with Crippen molar-refractivity contribution in [3.05, 3.63) is 0 Å². The molecule has 1 saturated heterocycles. The highest BCUT2D eigenvalue weighted by Gasteiger charge is 2.61. The summed E-state index contributed by atoms with van der Waals surface area (Å²) < 4.78 is 4.76. The summed E-state index contributed by atoms with van der Waals surface area (Å²) >= 11 is 0. The van der Waals surface area contributed by atoms with E-state index < -0.39 is 29.7 Å². The minimum absolute atomic E-state index is 0.374.